The van der Waals surface area contributed by atoms with Crippen molar-refractivity contribution in [2.45, 2.75) is 121 Å². The van der Waals surface area contributed by atoms with Crippen LogP contribution in [-0.4, -0.2) is 34.3 Å². The van der Waals surface area contributed by atoms with Crippen molar-refractivity contribution in [1.82, 2.24) is 0 Å². The summed E-state index contributed by atoms with van der Waals surface area (Å²) in [4.78, 5) is 41.3. The van der Waals surface area contributed by atoms with E-state index < -0.39 is 0 Å². The summed E-state index contributed by atoms with van der Waals surface area (Å²) in [5, 5.41) is 10.6. The van der Waals surface area contributed by atoms with Gasteiger partial charge in [0.2, 0.25) is 0 Å². The molecule has 0 amide bonds. The lowest BCUT2D eigenvalue weighted by Crippen LogP contribution is -2.32. The highest BCUT2D eigenvalue weighted by atomic mass is 16.5. The quantitative estimate of drug-likeness (QED) is 0.188. The van der Waals surface area contributed by atoms with E-state index in [1.165, 1.54) is 0 Å². The molecule has 1 fully saturated rings. The highest BCUT2D eigenvalue weighted by molar-refractivity contribution is 6.24. The number of rotatable bonds is 8. The number of aliphatic hydroxyl groups is 1. The number of aliphatic hydroxyl groups excluding tert-OH is 1. The maximum Gasteiger partial charge on any atom is 0.168 e. The minimum atomic E-state index is -0.205. The summed E-state index contributed by atoms with van der Waals surface area (Å²) < 4.78 is 5.63. The van der Waals surface area contributed by atoms with Gasteiger partial charge in [-0.1, -0.05) is 73.1 Å². The molecule has 2 aliphatic rings. The number of nitrogens with zero attached hydrogens (tertiary/aromatic N) is 1. The SMILES string of the molecule is CC(=C1C(=O)CC(C)(C)CC1=O)C(C)C.CCC(C)C(=Nc1ccc(COC(C)C)cc1)C1=C(O)CC(C)(C)CC1=O.[HH]. The average molecular weight is 582 g/mol. The van der Waals surface area contributed by atoms with Gasteiger partial charge in [-0.3, -0.25) is 19.4 Å². The fourth-order valence-corrected chi connectivity index (χ4v) is 5.25. The summed E-state index contributed by atoms with van der Waals surface area (Å²) in [6, 6.07) is 7.87. The van der Waals surface area contributed by atoms with Crippen molar-refractivity contribution < 1.29 is 25.7 Å². The third-order valence-electron chi connectivity index (χ3n) is 8.05. The van der Waals surface area contributed by atoms with Gasteiger partial charge in [-0.2, -0.15) is 0 Å². The molecule has 6 heteroatoms. The highest BCUT2D eigenvalue weighted by Crippen LogP contribution is 2.38. The monoisotopic (exact) mass is 581 g/mol. The summed E-state index contributed by atoms with van der Waals surface area (Å²) in [5.74, 6) is 0.595. The lowest BCUT2D eigenvalue weighted by molar-refractivity contribution is -0.127. The van der Waals surface area contributed by atoms with Crippen LogP contribution in [0.25, 0.3) is 0 Å². The maximum absolute atomic E-state index is 12.8. The van der Waals surface area contributed by atoms with Crippen LogP contribution < -0.4 is 0 Å². The van der Waals surface area contributed by atoms with Crippen LogP contribution in [0.3, 0.4) is 0 Å². The number of carbonyl (C=O) groups excluding carboxylic acids is 3. The second-order valence-electron chi connectivity index (χ2n) is 14.2. The van der Waals surface area contributed by atoms with Gasteiger partial charge >= 0.3 is 0 Å². The van der Waals surface area contributed by atoms with Gasteiger partial charge in [0.05, 0.1) is 35.3 Å². The Hall–Kier alpha value is -2.86. The van der Waals surface area contributed by atoms with E-state index in [4.69, 9.17) is 9.73 Å². The summed E-state index contributed by atoms with van der Waals surface area (Å²) >= 11 is 0. The molecule has 6 nitrogen and oxygen atoms in total. The third-order valence-corrected chi connectivity index (χ3v) is 8.05. The Kier molecular flexibility index (Phi) is 12.2. The van der Waals surface area contributed by atoms with Crippen LogP contribution >= 0.6 is 0 Å². The van der Waals surface area contributed by atoms with E-state index in [2.05, 4.69) is 13.8 Å². The Morgan fingerprint density at radius 3 is 1.83 bits per heavy atom. The van der Waals surface area contributed by atoms with Gasteiger partial charge in [0.25, 0.3) is 0 Å². The van der Waals surface area contributed by atoms with E-state index in [0.717, 1.165) is 23.2 Å². The summed E-state index contributed by atoms with van der Waals surface area (Å²) in [5.41, 5.74) is 4.06. The minimum Gasteiger partial charge on any atom is -0.511 e. The Balaban J connectivity index is 0.000000491. The van der Waals surface area contributed by atoms with E-state index in [-0.39, 0.29) is 53.3 Å². The number of ether oxygens (including phenoxy) is 1. The van der Waals surface area contributed by atoms with Gasteiger partial charge in [-0.15, -0.1) is 0 Å². The van der Waals surface area contributed by atoms with E-state index in [1.807, 2.05) is 86.6 Å². The molecule has 0 saturated heterocycles. The van der Waals surface area contributed by atoms with Crippen LogP contribution in [0.2, 0.25) is 0 Å². The fourth-order valence-electron chi connectivity index (χ4n) is 5.25. The first kappa shape index (κ1) is 35.3. The van der Waals surface area contributed by atoms with Crippen molar-refractivity contribution in [3.8, 4) is 0 Å². The maximum atomic E-state index is 12.8. The molecule has 0 aliphatic heterocycles. The van der Waals surface area contributed by atoms with Crippen LogP contribution in [0.15, 0.2) is 51.7 Å². The lowest BCUT2D eigenvalue weighted by atomic mass is 9.72. The topological polar surface area (TPSA) is 93.0 Å². The van der Waals surface area contributed by atoms with E-state index in [0.29, 0.717) is 49.1 Å². The molecule has 234 valence electrons. The first-order chi connectivity index (χ1) is 19.4. The second-order valence-corrected chi connectivity index (χ2v) is 14.2. The van der Waals surface area contributed by atoms with Crippen LogP contribution in [0.1, 0.15) is 115 Å². The van der Waals surface area contributed by atoms with Crippen molar-refractivity contribution in [3.05, 3.63) is 52.3 Å². The minimum absolute atomic E-state index is 0. The average Bonchev–Trinajstić information content (AvgIpc) is 2.85. The smallest absolute Gasteiger partial charge is 0.168 e. The Labute approximate surface area is 255 Å². The zero-order chi connectivity index (χ0) is 32.0. The zero-order valence-corrected chi connectivity index (χ0v) is 27.8. The van der Waals surface area contributed by atoms with Crippen molar-refractivity contribution in [3.63, 3.8) is 0 Å². The van der Waals surface area contributed by atoms with Crippen molar-refractivity contribution in [1.29, 1.82) is 0 Å². The fraction of sp³-hybridized carbons (Fsp3) is 0.611. The molecule has 3 rings (SSSR count). The number of allylic oxidation sites excluding steroid dienone is 4. The molecule has 0 radical (unpaired) electrons. The molecule has 1 aromatic carbocycles. The van der Waals surface area contributed by atoms with Crippen LogP contribution in [-0.2, 0) is 25.7 Å². The largest absolute Gasteiger partial charge is 0.511 e. The van der Waals surface area contributed by atoms with Gasteiger partial charge in [-0.25, -0.2) is 0 Å². The summed E-state index contributed by atoms with van der Waals surface area (Å²) in [6.45, 7) is 22.6. The van der Waals surface area contributed by atoms with E-state index >= 15 is 0 Å². The Morgan fingerprint density at radius 2 is 1.38 bits per heavy atom. The molecule has 0 heterocycles. The van der Waals surface area contributed by atoms with Crippen LogP contribution in [0.4, 0.5) is 5.69 Å². The molecule has 1 atom stereocenters. The first-order valence-corrected chi connectivity index (χ1v) is 15.4. The number of benzene rings is 1. The van der Waals surface area contributed by atoms with Crippen LogP contribution in [0, 0.1) is 22.7 Å². The number of ketones is 3. The van der Waals surface area contributed by atoms with Crippen molar-refractivity contribution >= 4 is 28.7 Å². The van der Waals surface area contributed by atoms with Crippen LogP contribution in [0.5, 0.6) is 0 Å². The molecule has 1 saturated carbocycles. The van der Waals surface area contributed by atoms with Crippen molar-refractivity contribution in [2.24, 2.45) is 27.7 Å². The molecule has 1 unspecified atom stereocenters. The lowest BCUT2D eigenvalue weighted by Gasteiger charge is -2.31. The first-order valence-electron chi connectivity index (χ1n) is 15.4. The second kappa shape index (κ2) is 14.5. The molecule has 42 heavy (non-hydrogen) atoms. The van der Waals surface area contributed by atoms with Gasteiger partial charge in [0.15, 0.2) is 17.3 Å². The normalized spacial score (nSPS) is 19.7. The third kappa shape index (κ3) is 9.86. The van der Waals surface area contributed by atoms with Gasteiger partial charge in [0, 0.05) is 27.1 Å². The molecule has 1 N–H and O–H groups in total. The molecular formula is C36H55NO5. The molecule has 0 bridgehead atoms. The highest BCUT2D eigenvalue weighted by Gasteiger charge is 2.37. The number of aliphatic imine (C=N–C) groups is 1. The van der Waals surface area contributed by atoms with Gasteiger partial charge in [0.1, 0.15) is 5.76 Å². The molecule has 1 aromatic rings. The standard InChI is InChI=1S/C23H33NO3.C13H20O2.H2/c1-7-16(4)22(21-19(25)12-23(5,6)13-20(21)26)24-18-10-8-17(9-11-18)14-27-15(2)3;1-8(2)9(3)12-10(14)6-13(4,5)7-11(12)15;/h8-11,15-16,25H,7,12-14H2,1-6H3;8H,6-7H2,1-5H3;1H. The predicted molar refractivity (Wildman–Crippen MR) is 173 cm³/mol. The molecule has 0 aromatic heterocycles. The number of hydrogen-bond donors (Lipinski definition) is 1. The molecule has 2 aliphatic carbocycles. The van der Waals surface area contributed by atoms with Gasteiger partial charge < -0.3 is 9.84 Å². The summed E-state index contributed by atoms with van der Waals surface area (Å²) in [6.07, 6.45) is 2.99. The van der Waals surface area contributed by atoms with E-state index in [1.54, 1.807) is 0 Å². The number of hydrogen-bond acceptors (Lipinski definition) is 6. The molecular weight excluding hydrogens is 526 g/mol. The zero-order valence-electron chi connectivity index (χ0n) is 27.8. The Morgan fingerprint density at radius 1 is 0.881 bits per heavy atom. The predicted octanol–water partition coefficient (Wildman–Crippen LogP) is 9.09. The number of Topliss-reactive ketones (excluding diaryl/α,β-unsaturated/α-hetero) is 3. The van der Waals surface area contributed by atoms with Crippen molar-refractivity contribution in [2.75, 3.05) is 0 Å². The Bertz CT molecular complexity index is 1230. The van der Waals surface area contributed by atoms with E-state index in [9.17, 15) is 19.5 Å². The number of carbonyl (C=O) groups is 3. The molecule has 0 spiro atoms. The summed E-state index contributed by atoms with van der Waals surface area (Å²) in [7, 11) is 0. The van der Waals surface area contributed by atoms with Gasteiger partial charge in [-0.05, 0) is 67.6 Å².